The third kappa shape index (κ3) is 8.92. The lowest BCUT2D eigenvalue weighted by atomic mass is 9.96. The summed E-state index contributed by atoms with van der Waals surface area (Å²) in [6, 6.07) is 16.0. The number of ether oxygens (including phenoxy) is 3. The molecular formula is C39H49BrN4O6Si. The van der Waals surface area contributed by atoms with Crippen LogP contribution in [0.25, 0.3) is 11.0 Å². The highest BCUT2D eigenvalue weighted by molar-refractivity contribution is 9.10. The van der Waals surface area contributed by atoms with Gasteiger partial charge in [0.15, 0.2) is 0 Å². The Morgan fingerprint density at radius 3 is 2.67 bits per heavy atom. The van der Waals surface area contributed by atoms with E-state index in [9.17, 15) is 14.7 Å². The van der Waals surface area contributed by atoms with Crippen LogP contribution in [0.5, 0.6) is 11.5 Å². The fraction of sp³-hybridized carbons (Fsp3) is 0.462. The van der Waals surface area contributed by atoms with Crippen LogP contribution in [0, 0.1) is 0 Å². The Bertz CT molecular complexity index is 1900. The molecule has 1 unspecified atom stereocenters. The van der Waals surface area contributed by atoms with Crippen molar-refractivity contribution in [3.63, 3.8) is 0 Å². The SMILES string of the molecule is CC(C)(C)OC(=O)c1ccc(N2CC(O)N([C@@H]3CCCCc4c(Br)cccc43)CC2=O)cc1Oc1cnc2c(ccn2COCC[Si](C)(C)C)c1. The number of hydrogen-bond acceptors (Lipinski definition) is 8. The first-order valence-electron chi connectivity index (χ1n) is 17.8. The third-order valence-electron chi connectivity index (χ3n) is 9.34. The molecular weight excluding hydrogens is 728 g/mol. The molecule has 2 aromatic carbocycles. The zero-order chi connectivity index (χ0) is 36.5. The number of pyridine rings is 1. The maximum Gasteiger partial charge on any atom is 0.342 e. The molecule has 3 heterocycles. The van der Waals surface area contributed by atoms with Crippen molar-refractivity contribution >= 4 is 52.6 Å². The van der Waals surface area contributed by atoms with Crippen LogP contribution in [-0.4, -0.2) is 71.0 Å². The molecule has 272 valence electrons. The number of piperazine rings is 1. The number of nitrogens with zero attached hydrogens (tertiary/aromatic N) is 4. The van der Waals surface area contributed by atoms with E-state index in [0.29, 0.717) is 24.8 Å². The summed E-state index contributed by atoms with van der Waals surface area (Å²) in [6.45, 7) is 13.7. The lowest BCUT2D eigenvalue weighted by Crippen LogP contribution is -2.57. The number of esters is 1. The monoisotopic (exact) mass is 776 g/mol. The molecule has 1 aliphatic carbocycles. The number of fused-ring (bicyclic) bond motifs is 2. The van der Waals surface area contributed by atoms with E-state index in [4.69, 9.17) is 14.2 Å². The highest BCUT2D eigenvalue weighted by atomic mass is 79.9. The molecule has 0 spiro atoms. The summed E-state index contributed by atoms with van der Waals surface area (Å²) in [5, 5.41) is 12.4. The van der Waals surface area contributed by atoms with Crippen LogP contribution in [-0.2, 0) is 27.4 Å². The highest BCUT2D eigenvalue weighted by Crippen LogP contribution is 2.39. The van der Waals surface area contributed by atoms with Gasteiger partial charge in [-0.2, -0.15) is 0 Å². The van der Waals surface area contributed by atoms with Crippen LogP contribution in [0.4, 0.5) is 5.69 Å². The Balaban J connectivity index is 1.24. The fourth-order valence-electron chi connectivity index (χ4n) is 6.73. The molecule has 1 aliphatic heterocycles. The Morgan fingerprint density at radius 2 is 1.90 bits per heavy atom. The summed E-state index contributed by atoms with van der Waals surface area (Å²) >= 11 is 3.72. The van der Waals surface area contributed by atoms with Crippen LogP contribution in [0.15, 0.2) is 65.4 Å². The number of rotatable bonds is 10. The van der Waals surface area contributed by atoms with Crippen LogP contribution >= 0.6 is 15.9 Å². The summed E-state index contributed by atoms with van der Waals surface area (Å²) < 4.78 is 21.0. The first-order valence-corrected chi connectivity index (χ1v) is 22.3. The predicted molar refractivity (Wildman–Crippen MR) is 205 cm³/mol. The summed E-state index contributed by atoms with van der Waals surface area (Å²) in [6.07, 6.45) is 6.56. The Labute approximate surface area is 309 Å². The number of benzene rings is 2. The van der Waals surface area contributed by atoms with Crippen molar-refractivity contribution in [3.05, 3.63) is 82.1 Å². The van der Waals surface area contributed by atoms with Gasteiger partial charge in [-0.25, -0.2) is 9.78 Å². The van der Waals surface area contributed by atoms with Gasteiger partial charge in [-0.05, 0) is 87.5 Å². The number of aliphatic hydroxyl groups is 1. The average molecular weight is 778 g/mol. The predicted octanol–water partition coefficient (Wildman–Crippen LogP) is 8.29. The van der Waals surface area contributed by atoms with Crippen LogP contribution in [0.3, 0.4) is 0 Å². The summed E-state index contributed by atoms with van der Waals surface area (Å²) in [5.41, 5.74) is 3.18. The minimum Gasteiger partial charge on any atom is -0.456 e. The normalized spacial score (nSPS) is 18.8. The number of halogens is 1. The van der Waals surface area contributed by atoms with Gasteiger partial charge in [-0.15, -0.1) is 0 Å². The summed E-state index contributed by atoms with van der Waals surface area (Å²) in [4.78, 5) is 35.4. The van der Waals surface area contributed by atoms with E-state index in [-0.39, 0.29) is 36.4 Å². The number of β-amino-alcohol motifs (C(OH)–C–C–N with tert-alkyl or cyclic N) is 1. The molecule has 1 fully saturated rings. The van der Waals surface area contributed by atoms with E-state index in [0.717, 1.165) is 52.8 Å². The van der Waals surface area contributed by atoms with Crippen molar-refractivity contribution in [2.45, 2.75) is 96.7 Å². The maximum atomic E-state index is 13.8. The van der Waals surface area contributed by atoms with Gasteiger partial charge in [0.05, 0.1) is 19.3 Å². The van der Waals surface area contributed by atoms with Gasteiger partial charge in [-0.1, -0.05) is 54.1 Å². The maximum absolute atomic E-state index is 13.8. The van der Waals surface area contributed by atoms with Gasteiger partial charge in [0.25, 0.3) is 0 Å². The largest absolute Gasteiger partial charge is 0.456 e. The molecule has 10 nitrogen and oxygen atoms in total. The molecule has 1 N–H and O–H groups in total. The minimum absolute atomic E-state index is 0.0568. The van der Waals surface area contributed by atoms with Gasteiger partial charge in [0, 0.05) is 48.5 Å². The molecule has 1 amide bonds. The molecule has 0 radical (unpaired) electrons. The number of hydrogen-bond donors (Lipinski definition) is 1. The lowest BCUT2D eigenvalue weighted by molar-refractivity contribution is -0.130. The third-order valence-corrected chi connectivity index (χ3v) is 11.8. The van der Waals surface area contributed by atoms with E-state index in [2.05, 4.69) is 52.7 Å². The van der Waals surface area contributed by atoms with Crippen molar-refractivity contribution in [1.29, 1.82) is 0 Å². The Morgan fingerprint density at radius 1 is 1.10 bits per heavy atom. The van der Waals surface area contributed by atoms with Crippen molar-refractivity contribution in [2.75, 3.05) is 24.6 Å². The molecule has 2 aromatic heterocycles. The second-order valence-electron chi connectivity index (χ2n) is 15.7. The second-order valence-corrected chi connectivity index (χ2v) is 22.2. The number of aromatic nitrogens is 2. The number of anilines is 1. The number of amides is 1. The van der Waals surface area contributed by atoms with E-state index >= 15 is 0 Å². The van der Waals surface area contributed by atoms with E-state index in [1.165, 1.54) is 5.56 Å². The minimum atomic E-state index is -1.19. The van der Waals surface area contributed by atoms with Gasteiger partial charge in [0.2, 0.25) is 5.91 Å². The lowest BCUT2D eigenvalue weighted by Gasteiger charge is -2.42. The van der Waals surface area contributed by atoms with E-state index in [1.807, 2.05) is 54.6 Å². The highest BCUT2D eigenvalue weighted by Gasteiger charge is 2.38. The van der Waals surface area contributed by atoms with Crippen molar-refractivity contribution in [2.24, 2.45) is 0 Å². The van der Waals surface area contributed by atoms with E-state index < -0.39 is 25.9 Å². The molecule has 4 aromatic rings. The number of carbonyl (C=O) groups excluding carboxylic acids is 2. The van der Waals surface area contributed by atoms with Crippen LogP contribution < -0.4 is 9.64 Å². The standard InChI is InChI=1S/C39H49BrN4O6Si/c1-39(2,3)50-38(47)31-15-14-27(21-34(31)49-28-20-26-16-17-42(37(26)41-22-28)25-48-18-19-51(4,5)6)43-23-36(46)44(24-35(43)45)33-13-8-7-10-29-30(33)11-9-12-32(29)40/h9,11-12,14-17,20-22,33,36,46H,7-8,10,13,18-19,23-25H2,1-6H3/t33-,36?/m1/s1. The van der Waals surface area contributed by atoms with E-state index in [1.54, 1.807) is 29.3 Å². The first-order chi connectivity index (χ1) is 24.2. The molecule has 2 aliphatic rings. The molecule has 12 heteroatoms. The average Bonchev–Trinajstić information content (AvgIpc) is 3.32. The molecule has 2 atom stereocenters. The Hall–Kier alpha value is -3.55. The van der Waals surface area contributed by atoms with Gasteiger partial charge in [0.1, 0.15) is 41.3 Å². The zero-order valence-electron chi connectivity index (χ0n) is 30.4. The summed E-state index contributed by atoms with van der Waals surface area (Å²) in [5.74, 6) is -0.0388. The van der Waals surface area contributed by atoms with Crippen molar-refractivity contribution < 1.29 is 28.9 Å². The van der Waals surface area contributed by atoms with Crippen molar-refractivity contribution in [3.8, 4) is 11.5 Å². The number of carbonyl (C=O) groups is 2. The zero-order valence-corrected chi connectivity index (χ0v) is 33.0. The fourth-order valence-corrected chi connectivity index (χ4v) is 8.06. The number of aliphatic hydroxyl groups excluding tert-OH is 1. The van der Waals surface area contributed by atoms with Crippen LogP contribution in [0.1, 0.15) is 67.6 Å². The van der Waals surface area contributed by atoms with Crippen LogP contribution in [0.2, 0.25) is 25.7 Å². The first kappa shape index (κ1) is 37.2. The van der Waals surface area contributed by atoms with Gasteiger partial charge >= 0.3 is 5.97 Å². The van der Waals surface area contributed by atoms with Gasteiger partial charge in [-0.3, -0.25) is 9.69 Å². The van der Waals surface area contributed by atoms with Gasteiger partial charge < -0.3 is 28.8 Å². The molecule has 0 bridgehead atoms. The smallest absolute Gasteiger partial charge is 0.342 e. The molecule has 51 heavy (non-hydrogen) atoms. The molecule has 6 rings (SSSR count). The summed E-state index contributed by atoms with van der Waals surface area (Å²) in [7, 11) is -1.19. The quantitative estimate of drug-likeness (QED) is 0.0743. The van der Waals surface area contributed by atoms with Crippen molar-refractivity contribution in [1.82, 2.24) is 14.5 Å². The molecule has 0 saturated carbocycles. The Kier molecular flexibility index (Phi) is 11.1. The second kappa shape index (κ2) is 15.2. The molecule has 1 saturated heterocycles. The topological polar surface area (TPSA) is 106 Å².